The van der Waals surface area contributed by atoms with Crippen LogP contribution in [0.4, 0.5) is 19.1 Å². The number of benzene rings is 1. The number of aromatic nitrogens is 5. The van der Waals surface area contributed by atoms with Crippen molar-refractivity contribution >= 4 is 27.8 Å². The van der Waals surface area contributed by atoms with Crippen LogP contribution in [0.25, 0.3) is 0 Å². The second-order valence-corrected chi connectivity index (χ2v) is 6.57. The summed E-state index contributed by atoms with van der Waals surface area (Å²) in [5.74, 6) is -0.823. The van der Waals surface area contributed by atoms with E-state index in [1.165, 1.54) is 18.1 Å². The van der Waals surface area contributed by atoms with Crippen LogP contribution in [0.5, 0.6) is 0 Å². The third-order valence-corrected chi connectivity index (χ3v) is 4.58. The first-order valence-corrected chi connectivity index (χ1v) is 8.51. The van der Waals surface area contributed by atoms with Gasteiger partial charge in [0.05, 0.1) is 11.0 Å². The molecule has 0 bridgehead atoms. The van der Waals surface area contributed by atoms with Gasteiger partial charge in [0.1, 0.15) is 12.0 Å². The van der Waals surface area contributed by atoms with Crippen molar-refractivity contribution in [2.75, 3.05) is 5.32 Å². The molecule has 3 rings (SSSR count). The van der Waals surface area contributed by atoms with Gasteiger partial charge in [-0.2, -0.15) is 18.3 Å². The Kier molecular flexibility index (Phi) is 5.05. The summed E-state index contributed by atoms with van der Waals surface area (Å²) in [5, 5.41) is 9.87. The lowest BCUT2D eigenvalue weighted by Gasteiger charge is -2.05. The van der Waals surface area contributed by atoms with E-state index in [1.54, 1.807) is 0 Å². The van der Waals surface area contributed by atoms with Gasteiger partial charge in [0.15, 0.2) is 5.69 Å². The lowest BCUT2D eigenvalue weighted by Crippen LogP contribution is -2.17. The predicted octanol–water partition coefficient (Wildman–Crippen LogP) is 3.40. The van der Waals surface area contributed by atoms with Gasteiger partial charge in [-0.1, -0.05) is 24.3 Å². The molecular formula is C16H14BrF3N6O. The number of rotatable bonds is 4. The van der Waals surface area contributed by atoms with Gasteiger partial charge in [-0.05, 0) is 34.0 Å². The molecule has 0 spiro atoms. The van der Waals surface area contributed by atoms with E-state index in [2.05, 4.69) is 36.4 Å². The van der Waals surface area contributed by atoms with Gasteiger partial charge in [0, 0.05) is 7.05 Å². The lowest BCUT2D eigenvalue weighted by molar-refractivity contribution is -0.142. The Labute approximate surface area is 160 Å². The van der Waals surface area contributed by atoms with Crippen LogP contribution in [0, 0.1) is 6.92 Å². The maximum absolute atomic E-state index is 12.9. The van der Waals surface area contributed by atoms with Gasteiger partial charge in [0.25, 0.3) is 5.91 Å². The van der Waals surface area contributed by atoms with E-state index >= 15 is 0 Å². The van der Waals surface area contributed by atoms with E-state index in [0.29, 0.717) is 6.54 Å². The Hall–Kier alpha value is -2.69. The quantitative estimate of drug-likeness (QED) is 0.671. The van der Waals surface area contributed by atoms with E-state index in [9.17, 15) is 18.0 Å². The minimum Gasteiger partial charge on any atom is -0.288 e. The van der Waals surface area contributed by atoms with E-state index in [1.807, 2.05) is 31.2 Å². The van der Waals surface area contributed by atoms with Crippen molar-refractivity contribution in [3.8, 4) is 0 Å². The number of halogens is 4. The zero-order valence-electron chi connectivity index (χ0n) is 14.3. The highest BCUT2D eigenvalue weighted by atomic mass is 79.9. The van der Waals surface area contributed by atoms with E-state index in [4.69, 9.17) is 0 Å². The minimum atomic E-state index is -4.68. The smallest absolute Gasteiger partial charge is 0.288 e. The summed E-state index contributed by atoms with van der Waals surface area (Å²) in [6, 6.07) is 7.74. The van der Waals surface area contributed by atoms with Crippen LogP contribution in [0.3, 0.4) is 0 Å². The molecule has 0 saturated heterocycles. The first-order valence-electron chi connectivity index (χ1n) is 7.72. The van der Waals surface area contributed by atoms with Crippen LogP contribution < -0.4 is 5.32 Å². The zero-order valence-corrected chi connectivity index (χ0v) is 15.8. The molecule has 0 aliphatic carbocycles. The number of carbonyl (C=O) groups excluding carboxylic acids is 1. The molecule has 1 N–H and O–H groups in total. The molecule has 7 nitrogen and oxygen atoms in total. The van der Waals surface area contributed by atoms with Crippen molar-refractivity contribution in [3.05, 3.63) is 57.6 Å². The average molecular weight is 443 g/mol. The molecule has 0 aliphatic heterocycles. The maximum Gasteiger partial charge on any atom is 0.436 e. The monoisotopic (exact) mass is 442 g/mol. The Morgan fingerprint density at radius 2 is 1.96 bits per heavy atom. The van der Waals surface area contributed by atoms with Crippen molar-refractivity contribution in [1.29, 1.82) is 0 Å². The van der Waals surface area contributed by atoms with Crippen LogP contribution in [0.15, 0.2) is 35.1 Å². The summed E-state index contributed by atoms with van der Waals surface area (Å²) in [6.45, 7) is 2.41. The number of anilines is 1. The first kappa shape index (κ1) is 19.1. The fraction of sp³-hybridized carbons (Fsp3) is 0.250. The fourth-order valence-electron chi connectivity index (χ4n) is 2.48. The highest BCUT2D eigenvalue weighted by Crippen LogP contribution is 2.35. The van der Waals surface area contributed by atoms with Gasteiger partial charge in [-0.25, -0.2) is 9.67 Å². The van der Waals surface area contributed by atoms with E-state index in [0.717, 1.165) is 15.8 Å². The molecule has 0 radical (unpaired) electrons. The van der Waals surface area contributed by atoms with Crippen molar-refractivity contribution in [2.45, 2.75) is 19.6 Å². The second-order valence-electron chi connectivity index (χ2n) is 5.78. The normalized spacial score (nSPS) is 11.6. The summed E-state index contributed by atoms with van der Waals surface area (Å²) in [7, 11) is 1.25. The topological polar surface area (TPSA) is 77.6 Å². The Balaban J connectivity index is 1.77. The SMILES string of the molecule is Cc1ccccc1Cn1cnc(NC(=O)c2c(Br)c(C(F)(F)F)nn2C)n1. The molecule has 1 aromatic carbocycles. The van der Waals surface area contributed by atoms with E-state index < -0.39 is 22.3 Å². The van der Waals surface area contributed by atoms with Crippen LogP contribution in [0.1, 0.15) is 27.3 Å². The minimum absolute atomic E-state index is 0.0183. The summed E-state index contributed by atoms with van der Waals surface area (Å²) in [5.41, 5.74) is 0.660. The number of nitrogens with zero attached hydrogens (tertiary/aromatic N) is 5. The molecule has 27 heavy (non-hydrogen) atoms. The number of aryl methyl sites for hydroxylation is 2. The molecule has 0 atom stereocenters. The highest BCUT2D eigenvalue weighted by molar-refractivity contribution is 9.10. The van der Waals surface area contributed by atoms with E-state index in [-0.39, 0.29) is 11.6 Å². The second kappa shape index (κ2) is 7.14. The average Bonchev–Trinajstić information content (AvgIpc) is 3.13. The summed E-state index contributed by atoms with van der Waals surface area (Å²) in [4.78, 5) is 16.3. The number of hydrogen-bond donors (Lipinski definition) is 1. The molecule has 2 aromatic heterocycles. The Morgan fingerprint density at radius 3 is 2.59 bits per heavy atom. The largest absolute Gasteiger partial charge is 0.436 e. The molecule has 0 saturated carbocycles. The van der Waals surface area contributed by atoms with Crippen LogP contribution in [0.2, 0.25) is 0 Å². The number of nitrogens with one attached hydrogen (secondary N) is 1. The molecular weight excluding hydrogens is 429 g/mol. The number of amides is 1. The molecule has 3 aromatic rings. The maximum atomic E-state index is 12.9. The van der Waals surface area contributed by atoms with Crippen LogP contribution >= 0.6 is 15.9 Å². The predicted molar refractivity (Wildman–Crippen MR) is 94.2 cm³/mol. The Bertz CT molecular complexity index is 994. The lowest BCUT2D eigenvalue weighted by atomic mass is 10.1. The third-order valence-electron chi connectivity index (χ3n) is 3.83. The van der Waals surface area contributed by atoms with Crippen molar-refractivity contribution in [3.63, 3.8) is 0 Å². The van der Waals surface area contributed by atoms with Crippen molar-refractivity contribution in [1.82, 2.24) is 24.5 Å². The van der Waals surface area contributed by atoms with Gasteiger partial charge in [-0.15, -0.1) is 5.10 Å². The first-order chi connectivity index (χ1) is 12.7. The number of hydrogen-bond acceptors (Lipinski definition) is 4. The molecule has 0 unspecified atom stereocenters. The molecule has 1 amide bonds. The van der Waals surface area contributed by atoms with Gasteiger partial charge in [0.2, 0.25) is 5.95 Å². The molecule has 11 heteroatoms. The zero-order chi connectivity index (χ0) is 19.8. The van der Waals surface area contributed by atoms with Crippen molar-refractivity contribution in [2.24, 2.45) is 7.05 Å². The summed E-state index contributed by atoms with van der Waals surface area (Å²) < 4.78 is 40.7. The summed E-state index contributed by atoms with van der Waals surface area (Å²) in [6.07, 6.45) is -3.25. The van der Waals surface area contributed by atoms with Crippen molar-refractivity contribution < 1.29 is 18.0 Å². The standard InChI is InChI=1S/C16H14BrF3N6O/c1-9-5-3-4-6-10(9)7-26-8-21-15(24-26)22-14(27)12-11(17)13(16(18,19)20)23-25(12)2/h3-6,8H,7H2,1-2H3,(H,22,24,27). The van der Waals surface area contributed by atoms with Gasteiger partial charge >= 0.3 is 6.18 Å². The number of alkyl halides is 3. The number of carbonyl (C=O) groups is 1. The fourth-order valence-corrected chi connectivity index (χ4v) is 3.22. The molecule has 142 valence electrons. The van der Waals surface area contributed by atoms with Gasteiger partial charge in [-0.3, -0.25) is 14.8 Å². The highest BCUT2D eigenvalue weighted by Gasteiger charge is 2.39. The van der Waals surface area contributed by atoms with Gasteiger partial charge < -0.3 is 0 Å². The Morgan fingerprint density at radius 1 is 1.26 bits per heavy atom. The third kappa shape index (κ3) is 4.02. The molecule has 0 fully saturated rings. The summed E-state index contributed by atoms with van der Waals surface area (Å²) >= 11 is 2.80. The molecule has 2 heterocycles. The van der Waals surface area contributed by atoms with Crippen LogP contribution in [-0.2, 0) is 19.8 Å². The van der Waals surface area contributed by atoms with Crippen LogP contribution in [-0.4, -0.2) is 30.5 Å². The molecule has 0 aliphatic rings.